The van der Waals surface area contributed by atoms with Crippen molar-refractivity contribution < 1.29 is 4.74 Å². The molecule has 2 fully saturated rings. The summed E-state index contributed by atoms with van der Waals surface area (Å²) in [7, 11) is 0. The van der Waals surface area contributed by atoms with Crippen molar-refractivity contribution >= 4 is 11.8 Å². The molecule has 2 aliphatic heterocycles. The Morgan fingerprint density at radius 3 is 3.20 bits per heavy atom. The Morgan fingerprint density at radius 1 is 1.53 bits per heavy atom. The average Bonchev–Trinajstić information content (AvgIpc) is 2.79. The van der Waals surface area contributed by atoms with E-state index < -0.39 is 0 Å². The first-order chi connectivity index (χ1) is 7.38. The Bertz CT molecular complexity index is 185. The molecule has 2 unspecified atom stereocenters. The van der Waals surface area contributed by atoms with Crippen LogP contribution in [0.4, 0.5) is 0 Å². The van der Waals surface area contributed by atoms with Gasteiger partial charge in [0, 0.05) is 31.4 Å². The van der Waals surface area contributed by atoms with Gasteiger partial charge in [0.2, 0.25) is 0 Å². The van der Waals surface area contributed by atoms with Gasteiger partial charge >= 0.3 is 0 Å². The predicted octanol–water partition coefficient (Wildman–Crippen LogP) is 0.802. The van der Waals surface area contributed by atoms with Gasteiger partial charge in [-0.1, -0.05) is 6.92 Å². The Hall–Kier alpha value is 0.230. The Labute approximate surface area is 96.9 Å². The van der Waals surface area contributed by atoms with Crippen molar-refractivity contribution in [1.29, 1.82) is 0 Å². The maximum absolute atomic E-state index is 5.76. The third-order valence-electron chi connectivity index (χ3n) is 3.23. The van der Waals surface area contributed by atoms with Crippen molar-refractivity contribution in [1.82, 2.24) is 10.2 Å². The third kappa shape index (κ3) is 3.63. The van der Waals surface area contributed by atoms with Crippen LogP contribution in [-0.2, 0) is 4.74 Å². The van der Waals surface area contributed by atoms with Gasteiger partial charge in [-0.2, -0.15) is 11.8 Å². The van der Waals surface area contributed by atoms with E-state index >= 15 is 0 Å². The van der Waals surface area contributed by atoms with E-state index in [0.29, 0.717) is 6.10 Å². The lowest BCUT2D eigenvalue weighted by Gasteiger charge is -2.32. The van der Waals surface area contributed by atoms with Gasteiger partial charge in [-0.15, -0.1) is 0 Å². The molecule has 2 atom stereocenters. The highest BCUT2D eigenvalue weighted by Crippen LogP contribution is 2.17. The molecule has 0 aromatic rings. The number of morpholine rings is 1. The quantitative estimate of drug-likeness (QED) is 0.772. The van der Waals surface area contributed by atoms with Crippen LogP contribution in [0.1, 0.15) is 13.3 Å². The van der Waals surface area contributed by atoms with Gasteiger partial charge < -0.3 is 10.1 Å². The second-order valence-corrected chi connectivity index (χ2v) is 5.50. The van der Waals surface area contributed by atoms with Crippen LogP contribution >= 0.6 is 11.8 Å². The standard InChI is InChI=1S/C11H22N2OS/c1-2-13-4-5-14-11(8-13)7-12-10-3-6-15-9-10/h10-12H,2-9H2,1H3. The molecule has 4 heteroatoms. The minimum absolute atomic E-state index is 0.407. The zero-order chi connectivity index (χ0) is 10.5. The normalized spacial score (nSPS) is 33.4. The van der Waals surface area contributed by atoms with Crippen LogP contribution in [0.25, 0.3) is 0 Å². The fraction of sp³-hybridized carbons (Fsp3) is 1.00. The molecule has 0 aromatic carbocycles. The van der Waals surface area contributed by atoms with Crippen molar-refractivity contribution in [2.75, 3.05) is 44.3 Å². The highest BCUT2D eigenvalue weighted by molar-refractivity contribution is 7.99. The monoisotopic (exact) mass is 230 g/mol. The van der Waals surface area contributed by atoms with Gasteiger partial charge in [0.25, 0.3) is 0 Å². The fourth-order valence-corrected chi connectivity index (χ4v) is 3.37. The molecule has 0 saturated carbocycles. The topological polar surface area (TPSA) is 24.5 Å². The molecule has 3 nitrogen and oxygen atoms in total. The molecular formula is C11H22N2OS. The lowest BCUT2D eigenvalue weighted by Crippen LogP contribution is -2.48. The summed E-state index contributed by atoms with van der Waals surface area (Å²) in [5.41, 5.74) is 0. The molecule has 2 heterocycles. The largest absolute Gasteiger partial charge is 0.374 e. The summed E-state index contributed by atoms with van der Waals surface area (Å²) in [5, 5.41) is 3.62. The van der Waals surface area contributed by atoms with Gasteiger partial charge in [0.05, 0.1) is 12.7 Å². The first-order valence-electron chi connectivity index (χ1n) is 6.03. The van der Waals surface area contributed by atoms with E-state index in [9.17, 15) is 0 Å². The minimum atomic E-state index is 0.407. The highest BCUT2D eigenvalue weighted by atomic mass is 32.2. The number of ether oxygens (including phenoxy) is 1. The molecule has 0 amide bonds. The Kier molecular flexibility index (Phi) is 4.75. The number of nitrogens with one attached hydrogen (secondary N) is 1. The van der Waals surface area contributed by atoms with Gasteiger partial charge in [-0.3, -0.25) is 4.90 Å². The zero-order valence-corrected chi connectivity index (χ0v) is 10.4. The lowest BCUT2D eigenvalue weighted by atomic mass is 10.2. The van der Waals surface area contributed by atoms with E-state index in [0.717, 1.165) is 38.8 Å². The summed E-state index contributed by atoms with van der Waals surface area (Å²) in [6.07, 6.45) is 1.74. The second-order valence-electron chi connectivity index (χ2n) is 4.35. The van der Waals surface area contributed by atoms with Crippen molar-refractivity contribution in [3.05, 3.63) is 0 Å². The highest BCUT2D eigenvalue weighted by Gasteiger charge is 2.21. The van der Waals surface area contributed by atoms with Crippen LogP contribution < -0.4 is 5.32 Å². The molecular weight excluding hydrogens is 208 g/mol. The van der Waals surface area contributed by atoms with Crippen molar-refractivity contribution in [2.24, 2.45) is 0 Å². The van der Waals surface area contributed by atoms with E-state index in [1.807, 2.05) is 0 Å². The van der Waals surface area contributed by atoms with E-state index in [1.165, 1.54) is 17.9 Å². The van der Waals surface area contributed by atoms with Crippen LogP contribution in [0.2, 0.25) is 0 Å². The molecule has 0 bridgehead atoms. The molecule has 88 valence electrons. The summed E-state index contributed by atoms with van der Waals surface area (Å²) >= 11 is 2.06. The second kappa shape index (κ2) is 6.09. The number of rotatable bonds is 4. The molecule has 0 radical (unpaired) electrons. The molecule has 0 spiro atoms. The molecule has 15 heavy (non-hydrogen) atoms. The number of hydrogen-bond donors (Lipinski definition) is 1. The third-order valence-corrected chi connectivity index (χ3v) is 4.40. The van der Waals surface area contributed by atoms with Gasteiger partial charge in [0.15, 0.2) is 0 Å². The SMILES string of the molecule is CCN1CCOC(CNC2CCSC2)C1. The van der Waals surface area contributed by atoms with Crippen LogP contribution in [-0.4, -0.2) is 61.3 Å². The first-order valence-corrected chi connectivity index (χ1v) is 7.19. The summed E-state index contributed by atoms with van der Waals surface area (Å²) < 4.78 is 5.76. The lowest BCUT2D eigenvalue weighted by molar-refractivity contribution is -0.0260. The zero-order valence-electron chi connectivity index (χ0n) is 9.58. The predicted molar refractivity (Wildman–Crippen MR) is 65.6 cm³/mol. The minimum Gasteiger partial charge on any atom is -0.374 e. The van der Waals surface area contributed by atoms with Crippen molar-refractivity contribution in [2.45, 2.75) is 25.5 Å². The molecule has 2 aliphatic rings. The van der Waals surface area contributed by atoms with Crippen molar-refractivity contribution in [3.63, 3.8) is 0 Å². The van der Waals surface area contributed by atoms with Crippen LogP contribution in [0, 0.1) is 0 Å². The van der Waals surface area contributed by atoms with Crippen LogP contribution in [0.15, 0.2) is 0 Å². The van der Waals surface area contributed by atoms with E-state index in [2.05, 4.69) is 28.9 Å². The molecule has 2 saturated heterocycles. The summed E-state index contributed by atoms with van der Waals surface area (Å²) in [6.45, 7) is 7.51. The number of likely N-dealkylation sites (N-methyl/N-ethyl adjacent to an activating group) is 1. The number of thioether (sulfide) groups is 1. The Morgan fingerprint density at radius 2 is 2.47 bits per heavy atom. The summed E-state index contributed by atoms with van der Waals surface area (Å²) in [6, 6.07) is 0.732. The maximum atomic E-state index is 5.76. The van der Waals surface area contributed by atoms with E-state index in [1.54, 1.807) is 0 Å². The van der Waals surface area contributed by atoms with E-state index in [4.69, 9.17) is 4.74 Å². The van der Waals surface area contributed by atoms with Gasteiger partial charge in [0.1, 0.15) is 0 Å². The summed E-state index contributed by atoms with van der Waals surface area (Å²) in [4.78, 5) is 2.47. The smallest absolute Gasteiger partial charge is 0.0826 e. The maximum Gasteiger partial charge on any atom is 0.0826 e. The Balaban J connectivity index is 1.65. The molecule has 2 rings (SSSR count). The van der Waals surface area contributed by atoms with E-state index in [-0.39, 0.29) is 0 Å². The number of hydrogen-bond acceptors (Lipinski definition) is 4. The summed E-state index contributed by atoms with van der Waals surface area (Å²) in [5.74, 6) is 2.61. The van der Waals surface area contributed by atoms with Gasteiger partial charge in [-0.05, 0) is 18.7 Å². The van der Waals surface area contributed by atoms with Crippen molar-refractivity contribution in [3.8, 4) is 0 Å². The van der Waals surface area contributed by atoms with Gasteiger partial charge in [-0.25, -0.2) is 0 Å². The van der Waals surface area contributed by atoms with Crippen LogP contribution in [0.5, 0.6) is 0 Å². The number of nitrogens with zero attached hydrogens (tertiary/aromatic N) is 1. The molecule has 0 aromatic heterocycles. The molecule has 0 aliphatic carbocycles. The average molecular weight is 230 g/mol. The molecule has 1 N–H and O–H groups in total. The fourth-order valence-electron chi connectivity index (χ4n) is 2.18. The first kappa shape index (κ1) is 11.7. The van der Waals surface area contributed by atoms with Crippen LogP contribution in [0.3, 0.4) is 0 Å².